The first kappa shape index (κ1) is 42.1. The lowest BCUT2D eigenvalue weighted by atomic mass is 9.99. The fourth-order valence-electron chi connectivity index (χ4n) is 6.26. The second kappa shape index (κ2) is 19.8. The lowest BCUT2D eigenvalue weighted by Gasteiger charge is -2.13. The molecule has 0 bridgehead atoms. The van der Waals surface area contributed by atoms with Gasteiger partial charge in [0.15, 0.2) is 5.82 Å². The van der Waals surface area contributed by atoms with Crippen molar-refractivity contribution in [2.45, 2.75) is 39.7 Å². The van der Waals surface area contributed by atoms with Crippen LogP contribution in [0.15, 0.2) is 76.8 Å². The molecule has 15 nitrogen and oxygen atoms in total. The molecule has 58 heavy (non-hydrogen) atoms. The zero-order valence-corrected chi connectivity index (χ0v) is 34.2. The molecule has 6 rings (SSSR count). The summed E-state index contributed by atoms with van der Waals surface area (Å²) in [4.78, 5) is 47.7. The van der Waals surface area contributed by atoms with E-state index >= 15 is 0 Å². The van der Waals surface area contributed by atoms with Gasteiger partial charge in [-0.2, -0.15) is 0 Å². The van der Waals surface area contributed by atoms with Crippen molar-refractivity contribution in [2.24, 2.45) is 15.7 Å². The Morgan fingerprint density at radius 1 is 1.03 bits per heavy atom. The molecule has 0 unspecified atom stereocenters. The largest absolute Gasteiger partial charge is 0.384 e. The fraction of sp³-hybridized carbons (Fsp3) is 0.341. The second-order valence-electron chi connectivity index (χ2n) is 13.5. The van der Waals surface area contributed by atoms with E-state index in [2.05, 4.69) is 51.6 Å². The molecular weight excluding hydrogens is 782 g/mol. The van der Waals surface area contributed by atoms with Gasteiger partial charge in [0.2, 0.25) is 11.8 Å². The summed E-state index contributed by atoms with van der Waals surface area (Å²) < 4.78 is 18.8. The van der Waals surface area contributed by atoms with Crippen molar-refractivity contribution in [2.75, 3.05) is 63.4 Å². The summed E-state index contributed by atoms with van der Waals surface area (Å²) in [6.07, 6.45) is 3.36. The highest BCUT2D eigenvalue weighted by molar-refractivity contribution is 7.15. The lowest BCUT2D eigenvalue weighted by molar-refractivity contribution is -0.121. The molecule has 4 heterocycles. The van der Waals surface area contributed by atoms with Crippen molar-refractivity contribution < 1.29 is 28.6 Å². The maximum Gasteiger partial charge on any atom is 0.255 e. The Labute approximate surface area is 345 Å². The number of aliphatic imine (C=N–C) groups is 2. The number of halogens is 1. The van der Waals surface area contributed by atoms with Crippen molar-refractivity contribution in [1.82, 2.24) is 20.1 Å². The normalized spacial score (nSPS) is 14.7. The first-order valence-corrected chi connectivity index (χ1v) is 19.9. The van der Waals surface area contributed by atoms with Gasteiger partial charge >= 0.3 is 0 Å². The van der Waals surface area contributed by atoms with Crippen LogP contribution in [-0.2, 0) is 35.0 Å². The Kier molecular flexibility index (Phi) is 14.3. The van der Waals surface area contributed by atoms with Crippen LogP contribution < -0.4 is 21.7 Å². The number of amidine groups is 1. The highest BCUT2D eigenvalue weighted by atomic mass is 35.5. The van der Waals surface area contributed by atoms with Crippen LogP contribution in [0.5, 0.6) is 0 Å². The number of rotatable bonds is 19. The topological polar surface area (TPSA) is 196 Å². The minimum atomic E-state index is -0.551. The Morgan fingerprint density at radius 3 is 2.52 bits per heavy atom. The minimum absolute atomic E-state index is 0.0760. The van der Waals surface area contributed by atoms with E-state index in [-0.39, 0.29) is 36.1 Å². The summed E-state index contributed by atoms with van der Waals surface area (Å²) >= 11 is 7.87. The van der Waals surface area contributed by atoms with E-state index in [1.807, 2.05) is 35.8 Å². The van der Waals surface area contributed by atoms with E-state index in [0.29, 0.717) is 69.3 Å². The van der Waals surface area contributed by atoms with Gasteiger partial charge < -0.3 is 35.9 Å². The van der Waals surface area contributed by atoms with E-state index in [4.69, 9.17) is 36.5 Å². The van der Waals surface area contributed by atoms with Gasteiger partial charge in [-0.1, -0.05) is 30.3 Å². The summed E-state index contributed by atoms with van der Waals surface area (Å²) in [5, 5.41) is 18.9. The van der Waals surface area contributed by atoms with E-state index in [9.17, 15) is 14.4 Å². The maximum absolute atomic E-state index is 13.2. The number of thiophene rings is 1. The Hall–Kier alpha value is -5.52. The molecule has 2 aromatic heterocycles. The van der Waals surface area contributed by atoms with Gasteiger partial charge in [-0.25, -0.2) is 0 Å². The van der Waals surface area contributed by atoms with Gasteiger partial charge in [-0.15, -0.1) is 21.5 Å². The number of nitrogens with zero attached hydrogens (tertiary/aromatic N) is 5. The number of aryl methyl sites for hydroxylation is 2. The third kappa shape index (κ3) is 10.7. The first-order chi connectivity index (χ1) is 28.0. The molecule has 17 heteroatoms. The smallest absolute Gasteiger partial charge is 0.255 e. The number of ether oxygens (including phenoxy) is 3. The summed E-state index contributed by atoms with van der Waals surface area (Å²) in [5.41, 5.74) is 12.1. The van der Waals surface area contributed by atoms with Gasteiger partial charge in [-0.05, 0) is 74.4 Å². The van der Waals surface area contributed by atoms with Gasteiger partial charge in [0.05, 0.1) is 64.7 Å². The molecule has 1 atom stereocenters. The predicted molar refractivity (Wildman–Crippen MR) is 226 cm³/mol. The zero-order chi connectivity index (χ0) is 41.2. The molecule has 2 aliphatic heterocycles. The third-order valence-corrected chi connectivity index (χ3v) is 10.8. The number of nitrogens with two attached hydrogens (primary N) is 1. The standard InChI is InChI=1S/C41H46ClN9O6S/c1-24(40(54)46-31-10-11-32-29(21-31)22-36(53)47-32)5-12-34(43)44-13-15-55-17-19-57-20-18-56-16-14-45-35(52)23-33-39-50-49-27(4)51(39)41-37(25(2)26(3)58-41)38(48-33)28-6-8-30(42)9-7-28/h5-12,21,33H,1,13-20,22-23H2,2-4H3,(H2,43,44)(H,45,52)(H,46,54)(H,47,53)/b12-5-/t33-/m0/s1. The Bertz CT molecular complexity index is 2260. The number of carbonyl (C=O) groups is 3. The monoisotopic (exact) mass is 827 g/mol. The van der Waals surface area contributed by atoms with Crippen LogP contribution in [0, 0.1) is 20.8 Å². The number of carbonyl (C=O) groups excluding carboxylic acids is 3. The van der Waals surface area contributed by atoms with Crippen molar-refractivity contribution >= 4 is 63.6 Å². The van der Waals surface area contributed by atoms with Crippen LogP contribution in [0.3, 0.4) is 0 Å². The number of benzene rings is 2. The van der Waals surface area contributed by atoms with Gasteiger partial charge in [0.1, 0.15) is 22.7 Å². The summed E-state index contributed by atoms with van der Waals surface area (Å²) in [6.45, 7) is 12.7. The first-order valence-electron chi connectivity index (χ1n) is 18.8. The van der Waals surface area contributed by atoms with Crippen LogP contribution in [-0.4, -0.2) is 96.8 Å². The molecule has 2 aliphatic rings. The molecule has 304 valence electrons. The molecule has 5 N–H and O–H groups in total. The number of nitrogens with one attached hydrogen (secondary N) is 3. The highest BCUT2D eigenvalue weighted by Crippen LogP contribution is 2.39. The number of hydrogen-bond donors (Lipinski definition) is 4. The lowest BCUT2D eigenvalue weighted by Crippen LogP contribution is -2.29. The molecule has 3 amide bonds. The van der Waals surface area contributed by atoms with E-state index in [1.165, 1.54) is 17.0 Å². The molecule has 0 aliphatic carbocycles. The number of aromatic nitrogens is 3. The molecule has 0 fully saturated rings. The van der Waals surface area contributed by atoms with E-state index in [0.717, 1.165) is 44.5 Å². The summed E-state index contributed by atoms with van der Waals surface area (Å²) in [5.74, 6) is 0.940. The zero-order valence-electron chi connectivity index (χ0n) is 32.6. The molecule has 4 aromatic rings. The SMILES string of the molecule is C=C(/C=C\C(N)=NCCOCCOCCOCCNC(=O)C[C@@H]1N=C(c2ccc(Cl)cc2)c2c(sc(C)c2C)-n2c(C)nnc21)C(=O)Nc1ccc2c(c1)CC(=O)N2. The predicted octanol–water partition coefficient (Wildman–Crippen LogP) is 4.96. The van der Waals surface area contributed by atoms with Crippen molar-refractivity contribution in [1.29, 1.82) is 0 Å². The Balaban J connectivity index is 0.841. The van der Waals surface area contributed by atoms with E-state index in [1.54, 1.807) is 29.5 Å². The van der Waals surface area contributed by atoms with Crippen LogP contribution in [0.1, 0.15) is 51.2 Å². The molecule has 0 saturated carbocycles. The minimum Gasteiger partial charge on any atom is -0.384 e. The number of hydrogen-bond acceptors (Lipinski definition) is 11. The summed E-state index contributed by atoms with van der Waals surface area (Å²) in [6, 6.07) is 12.2. The second-order valence-corrected chi connectivity index (χ2v) is 15.2. The fourth-order valence-corrected chi connectivity index (χ4v) is 7.60. The molecule has 0 spiro atoms. The Morgan fingerprint density at radius 2 is 1.76 bits per heavy atom. The van der Waals surface area contributed by atoms with Crippen molar-refractivity contribution in [3.05, 3.63) is 111 Å². The van der Waals surface area contributed by atoms with Crippen LogP contribution in [0.25, 0.3) is 5.00 Å². The van der Waals surface area contributed by atoms with Gasteiger partial charge in [0, 0.05) is 44.5 Å². The molecule has 2 aromatic carbocycles. The summed E-state index contributed by atoms with van der Waals surface area (Å²) in [7, 11) is 0. The number of amides is 3. The maximum atomic E-state index is 13.2. The van der Waals surface area contributed by atoms with Crippen LogP contribution in [0.4, 0.5) is 11.4 Å². The third-order valence-electron chi connectivity index (χ3n) is 9.31. The molecular formula is C41H46ClN9O6S. The average Bonchev–Trinajstić information content (AvgIpc) is 3.83. The highest BCUT2D eigenvalue weighted by Gasteiger charge is 2.32. The quantitative estimate of drug-likeness (QED) is 0.0332. The average molecular weight is 828 g/mol. The van der Waals surface area contributed by atoms with Crippen molar-refractivity contribution in [3.63, 3.8) is 0 Å². The van der Waals surface area contributed by atoms with E-state index < -0.39 is 11.9 Å². The number of fused-ring (bicyclic) bond motifs is 4. The van der Waals surface area contributed by atoms with Crippen LogP contribution in [0.2, 0.25) is 5.02 Å². The van der Waals surface area contributed by atoms with Gasteiger partial charge in [0.25, 0.3) is 5.91 Å². The molecule has 0 radical (unpaired) electrons. The van der Waals surface area contributed by atoms with Crippen molar-refractivity contribution in [3.8, 4) is 5.00 Å². The van der Waals surface area contributed by atoms with Gasteiger partial charge in [-0.3, -0.25) is 28.9 Å². The number of anilines is 2. The van der Waals surface area contributed by atoms with Crippen LogP contribution >= 0.6 is 22.9 Å². The molecule has 0 saturated heterocycles.